The summed E-state index contributed by atoms with van der Waals surface area (Å²) in [7, 11) is -2.63. The van der Waals surface area contributed by atoms with E-state index in [9.17, 15) is 8.42 Å². The van der Waals surface area contributed by atoms with Crippen LogP contribution in [0.15, 0.2) is 0 Å². The van der Waals surface area contributed by atoms with Crippen molar-refractivity contribution in [3.8, 4) is 0 Å². The first-order chi connectivity index (χ1) is 5.77. The van der Waals surface area contributed by atoms with Crippen molar-refractivity contribution in [3.05, 3.63) is 0 Å². The molecule has 0 aromatic rings. The van der Waals surface area contributed by atoms with Crippen LogP contribution in [0.2, 0.25) is 0 Å². The molecule has 0 aromatic carbocycles. The Bertz CT molecular complexity index is 151. The number of hydrogen-bond acceptors (Lipinski definition) is 3. The predicted octanol–water partition coefficient (Wildman–Crippen LogP) is 1.24. The van der Waals surface area contributed by atoms with Crippen LogP contribution in [0.1, 0.15) is 45.4 Å². The maximum absolute atomic E-state index is 9.95. The van der Waals surface area contributed by atoms with Crippen LogP contribution in [0.5, 0.6) is 0 Å². The third-order valence-electron chi connectivity index (χ3n) is 1.69. The second-order valence-corrected chi connectivity index (χ2v) is 3.53. The van der Waals surface area contributed by atoms with Gasteiger partial charge in [0.1, 0.15) is 0 Å². The monoisotopic (exact) mass is 218 g/mol. The third-order valence-corrected chi connectivity index (χ3v) is 2.09. The van der Waals surface area contributed by atoms with Crippen molar-refractivity contribution in [2.75, 3.05) is 6.61 Å². The van der Waals surface area contributed by atoms with E-state index in [-0.39, 0.29) is 29.6 Å². The molecule has 0 amide bonds. The van der Waals surface area contributed by atoms with Gasteiger partial charge in [0, 0.05) is 0 Å². The van der Waals surface area contributed by atoms with Crippen LogP contribution in [0.3, 0.4) is 0 Å². The van der Waals surface area contributed by atoms with Crippen LogP contribution in [0, 0.1) is 0 Å². The fourth-order valence-electron chi connectivity index (χ4n) is 1.02. The molecule has 0 spiro atoms. The standard InChI is InChI=1S/C8H18O3S.Na.H/c1-2-3-4-5-6-7-8-11-12(9)10;;/h12H,2-8H2,1H3;;. The summed E-state index contributed by atoms with van der Waals surface area (Å²) in [4.78, 5) is 0. The Kier molecular flexibility index (Phi) is 16.2. The second kappa shape index (κ2) is 12.9. The van der Waals surface area contributed by atoms with Crippen molar-refractivity contribution in [1.82, 2.24) is 0 Å². The van der Waals surface area contributed by atoms with Crippen LogP contribution in [-0.4, -0.2) is 44.6 Å². The Hall–Kier alpha value is 0.910. The zero-order chi connectivity index (χ0) is 9.23. The first kappa shape index (κ1) is 16.3. The Morgan fingerprint density at radius 2 is 1.54 bits per heavy atom. The summed E-state index contributed by atoms with van der Waals surface area (Å²) in [6, 6.07) is 0. The van der Waals surface area contributed by atoms with Gasteiger partial charge in [0.05, 0.1) is 6.61 Å². The van der Waals surface area contributed by atoms with Crippen LogP contribution in [-0.2, 0) is 15.2 Å². The van der Waals surface area contributed by atoms with Gasteiger partial charge in [-0.2, -0.15) is 0 Å². The fraction of sp³-hybridized carbons (Fsp3) is 1.00. The molecular formula is C8H19NaO3S. The number of unbranched alkanes of at least 4 members (excludes halogenated alkanes) is 5. The first-order valence-corrected chi connectivity index (χ1v) is 5.64. The predicted molar refractivity (Wildman–Crippen MR) is 56.8 cm³/mol. The van der Waals surface area contributed by atoms with Crippen LogP contribution < -0.4 is 0 Å². The van der Waals surface area contributed by atoms with Crippen molar-refractivity contribution < 1.29 is 12.6 Å². The topological polar surface area (TPSA) is 43.4 Å². The van der Waals surface area contributed by atoms with E-state index in [1.807, 2.05) is 0 Å². The van der Waals surface area contributed by atoms with Gasteiger partial charge in [-0.3, -0.25) is 4.18 Å². The Balaban J connectivity index is 0. The molecule has 0 aliphatic rings. The van der Waals surface area contributed by atoms with E-state index in [1.165, 1.54) is 25.7 Å². The molecule has 0 N–H and O–H groups in total. The van der Waals surface area contributed by atoms with E-state index in [1.54, 1.807) is 0 Å². The SMILES string of the molecule is CCCCCCCCO[SH](=O)=O.[NaH]. The van der Waals surface area contributed by atoms with Crippen molar-refractivity contribution in [1.29, 1.82) is 0 Å². The summed E-state index contributed by atoms with van der Waals surface area (Å²) in [6.07, 6.45) is 6.88. The molecule has 0 rings (SSSR count). The van der Waals surface area contributed by atoms with Gasteiger partial charge in [-0.15, -0.1) is 0 Å². The van der Waals surface area contributed by atoms with Gasteiger partial charge in [0.15, 0.2) is 0 Å². The second-order valence-electron chi connectivity index (χ2n) is 2.82. The molecule has 3 nitrogen and oxygen atoms in total. The Morgan fingerprint density at radius 1 is 1.00 bits per heavy atom. The minimum absolute atomic E-state index is 0. The van der Waals surface area contributed by atoms with Gasteiger partial charge in [0.25, 0.3) is 11.0 Å². The molecule has 0 fully saturated rings. The van der Waals surface area contributed by atoms with Crippen LogP contribution in [0.4, 0.5) is 0 Å². The summed E-state index contributed by atoms with van der Waals surface area (Å²) in [6.45, 7) is 2.52. The molecular weight excluding hydrogens is 199 g/mol. The van der Waals surface area contributed by atoms with Crippen molar-refractivity contribution in [2.24, 2.45) is 0 Å². The molecule has 0 aliphatic carbocycles. The number of thiol groups is 1. The molecule has 0 bridgehead atoms. The third kappa shape index (κ3) is 15.6. The Morgan fingerprint density at radius 3 is 2.08 bits per heavy atom. The summed E-state index contributed by atoms with van der Waals surface area (Å²) < 4.78 is 24.3. The van der Waals surface area contributed by atoms with Crippen molar-refractivity contribution in [2.45, 2.75) is 45.4 Å². The minimum atomic E-state index is -2.63. The number of rotatable bonds is 8. The Labute approximate surface area is 105 Å². The van der Waals surface area contributed by atoms with Crippen LogP contribution >= 0.6 is 0 Å². The van der Waals surface area contributed by atoms with E-state index < -0.39 is 11.0 Å². The van der Waals surface area contributed by atoms with E-state index in [0.29, 0.717) is 6.61 Å². The van der Waals surface area contributed by atoms with Gasteiger partial charge >= 0.3 is 29.6 Å². The zero-order valence-electron chi connectivity index (χ0n) is 7.62. The van der Waals surface area contributed by atoms with E-state index in [2.05, 4.69) is 11.1 Å². The van der Waals surface area contributed by atoms with Gasteiger partial charge in [0.2, 0.25) is 0 Å². The first-order valence-electron chi connectivity index (χ1n) is 4.54. The van der Waals surface area contributed by atoms with Crippen molar-refractivity contribution in [3.63, 3.8) is 0 Å². The molecule has 0 aliphatic heterocycles. The summed E-state index contributed by atoms with van der Waals surface area (Å²) in [5, 5.41) is 0. The molecule has 0 radical (unpaired) electrons. The summed E-state index contributed by atoms with van der Waals surface area (Å²) in [5.74, 6) is 0. The van der Waals surface area contributed by atoms with Crippen LogP contribution in [0.25, 0.3) is 0 Å². The maximum atomic E-state index is 9.95. The van der Waals surface area contributed by atoms with Gasteiger partial charge in [-0.25, -0.2) is 8.42 Å². The molecule has 5 heteroatoms. The zero-order valence-corrected chi connectivity index (χ0v) is 8.52. The quantitative estimate of drug-likeness (QED) is 0.379. The fourth-order valence-corrected chi connectivity index (χ4v) is 1.30. The normalized spacial score (nSPS) is 10.0. The molecule has 13 heavy (non-hydrogen) atoms. The number of hydrogen-bond donors (Lipinski definition) is 1. The molecule has 0 heterocycles. The molecule has 76 valence electrons. The summed E-state index contributed by atoms with van der Waals surface area (Å²) >= 11 is 0. The molecule has 0 unspecified atom stereocenters. The molecule has 0 aromatic heterocycles. The van der Waals surface area contributed by atoms with Gasteiger partial charge < -0.3 is 0 Å². The van der Waals surface area contributed by atoms with Gasteiger partial charge in [-0.1, -0.05) is 39.0 Å². The van der Waals surface area contributed by atoms with Crippen molar-refractivity contribution >= 4 is 40.5 Å². The van der Waals surface area contributed by atoms with Gasteiger partial charge in [-0.05, 0) is 6.42 Å². The molecule has 0 saturated heterocycles. The summed E-state index contributed by atoms with van der Waals surface area (Å²) in [5.41, 5.74) is 0. The van der Waals surface area contributed by atoms with E-state index in [0.717, 1.165) is 12.8 Å². The van der Waals surface area contributed by atoms with E-state index in [4.69, 9.17) is 0 Å². The molecule has 0 saturated carbocycles. The molecule has 0 atom stereocenters. The average molecular weight is 218 g/mol. The average Bonchev–Trinajstić information content (AvgIpc) is 2.02. The van der Waals surface area contributed by atoms with E-state index >= 15 is 0 Å².